The van der Waals surface area contributed by atoms with Crippen LogP contribution in [0, 0.1) is 0 Å². The number of rotatable bonds is 2. The summed E-state index contributed by atoms with van der Waals surface area (Å²) in [7, 11) is 0. The van der Waals surface area contributed by atoms with Crippen molar-refractivity contribution in [3.63, 3.8) is 0 Å². The highest BCUT2D eigenvalue weighted by Crippen LogP contribution is 2.32. The lowest BCUT2D eigenvalue weighted by molar-refractivity contribution is 0.0707. The largest absolute Gasteiger partial charge is 0.337 e. The number of nitrogens with zero attached hydrogens (tertiary/aromatic N) is 2. The van der Waals surface area contributed by atoms with Gasteiger partial charge in [0.25, 0.3) is 5.91 Å². The van der Waals surface area contributed by atoms with Crippen molar-refractivity contribution in [1.82, 2.24) is 14.9 Å². The lowest BCUT2D eigenvalue weighted by atomic mass is 9.87. The molecule has 5 nitrogen and oxygen atoms in total. The van der Waals surface area contributed by atoms with Gasteiger partial charge in [0.1, 0.15) is 5.69 Å². The van der Waals surface area contributed by atoms with E-state index in [1.807, 2.05) is 29.3 Å². The summed E-state index contributed by atoms with van der Waals surface area (Å²) in [6, 6.07) is 15.0. The molecule has 1 saturated heterocycles. The minimum Gasteiger partial charge on any atom is -0.337 e. The summed E-state index contributed by atoms with van der Waals surface area (Å²) in [6.07, 6.45) is 3.69. The van der Waals surface area contributed by atoms with Crippen molar-refractivity contribution in [3.8, 4) is 0 Å². The van der Waals surface area contributed by atoms with Gasteiger partial charge in [0.15, 0.2) is 0 Å². The van der Waals surface area contributed by atoms with Gasteiger partial charge >= 0.3 is 0 Å². The normalized spacial score (nSPS) is 15.4. The Morgan fingerprint density at radius 2 is 1.84 bits per heavy atom. The number of aromatic nitrogens is 2. The summed E-state index contributed by atoms with van der Waals surface area (Å²) in [5.41, 5.74) is 2.44. The Kier molecular flexibility index (Phi) is 4.06. The van der Waals surface area contributed by atoms with Crippen molar-refractivity contribution in [1.29, 1.82) is 0 Å². The quantitative estimate of drug-likeness (QED) is 0.784. The maximum atomic E-state index is 12.6. The minimum absolute atomic E-state index is 0.101. The SMILES string of the molecule is O=C(c1cccc(=O)[nH]1)N1CCC(c2ccnc3ccccc23)CC1. The van der Waals surface area contributed by atoms with Crippen LogP contribution in [0.1, 0.15) is 34.8 Å². The number of carbonyl (C=O) groups excluding carboxylic acids is 1. The Balaban J connectivity index is 1.51. The number of carbonyl (C=O) groups is 1. The van der Waals surface area contributed by atoms with Crippen LogP contribution in [0.2, 0.25) is 0 Å². The molecule has 4 rings (SSSR count). The van der Waals surface area contributed by atoms with Gasteiger partial charge in [0, 0.05) is 30.7 Å². The van der Waals surface area contributed by atoms with E-state index in [-0.39, 0.29) is 11.5 Å². The predicted octanol–water partition coefficient (Wildman–Crippen LogP) is 2.94. The fraction of sp³-hybridized carbons (Fsp3) is 0.250. The molecular formula is C20H19N3O2. The molecule has 0 aliphatic carbocycles. The third-order valence-electron chi connectivity index (χ3n) is 4.90. The number of pyridine rings is 2. The van der Waals surface area contributed by atoms with Crippen LogP contribution in [-0.2, 0) is 0 Å². The first-order chi connectivity index (χ1) is 12.2. The number of nitrogens with one attached hydrogen (secondary N) is 1. The van der Waals surface area contributed by atoms with Crippen LogP contribution < -0.4 is 5.56 Å². The van der Waals surface area contributed by atoms with Crippen molar-refractivity contribution >= 4 is 16.8 Å². The molecule has 0 saturated carbocycles. The van der Waals surface area contributed by atoms with Crippen molar-refractivity contribution < 1.29 is 4.79 Å². The van der Waals surface area contributed by atoms with Gasteiger partial charge in [-0.25, -0.2) is 0 Å². The van der Waals surface area contributed by atoms with E-state index in [4.69, 9.17) is 0 Å². The molecule has 0 unspecified atom stereocenters. The average Bonchev–Trinajstić information content (AvgIpc) is 2.67. The van der Waals surface area contributed by atoms with E-state index >= 15 is 0 Å². The number of aromatic amines is 1. The van der Waals surface area contributed by atoms with Crippen LogP contribution in [0.25, 0.3) is 10.9 Å². The van der Waals surface area contributed by atoms with E-state index in [1.54, 1.807) is 12.1 Å². The lowest BCUT2D eigenvalue weighted by Gasteiger charge is -2.32. The van der Waals surface area contributed by atoms with E-state index in [0.29, 0.717) is 24.7 Å². The number of para-hydroxylation sites is 1. The molecule has 0 bridgehead atoms. The Morgan fingerprint density at radius 3 is 2.64 bits per heavy atom. The third kappa shape index (κ3) is 3.05. The first-order valence-corrected chi connectivity index (χ1v) is 8.54. The first kappa shape index (κ1) is 15.6. The first-order valence-electron chi connectivity index (χ1n) is 8.54. The zero-order chi connectivity index (χ0) is 17.2. The molecule has 126 valence electrons. The molecule has 0 atom stereocenters. The summed E-state index contributed by atoms with van der Waals surface area (Å²) < 4.78 is 0. The highest BCUT2D eigenvalue weighted by atomic mass is 16.2. The Morgan fingerprint density at radius 1 is 1.04 bits per heavy atom. The predicted molar refractivity (Wildman–Crippen MR) is 96.7 cm³/mol. The van der Waals surface area contributed by atoms with Gasteiger partial charge in [-0.1, -0.05) is 24.3 Å². The third-order valence-corrected chi connectivity index (χ3v) is 4.90. The Labute approximate surface area is 145 Å². The molecule has 1 fully saturated rings. The van der Waals surface area contributed by atoms with E-state index < -0.39 is 0 Å². The molecule has 3 aromatic rings. The summed E-state index contributed by atoms with van der Waals surface area (Å²) in [6.45, 7) is 1.38. The summed E-state index contributed by atoms with van der Waals surface area (Å²) in [4.78, 5) is 32.8. The molecule has 0 radical (unpaired) electrons. The second-order valence-corrected chi connectivity index (χ2v) is 6.41. The second kappa shape index (κ2) is 6.51. The highest BCUT2D eigenvalue weighted by Gasteiger charge is 2.25. The van der Waals surface area contributed by atoms with Crippen LogP contribution in [0.3, 0.4) is 0 Å². The fourth-order valence-electron chi connectivity index (χ4n) is 3.61. The molecule has 1 aliphatic rings. The number of likely N-dealkylation sites (tertiary alicyclic amines) is 1. The standard InChI is InChI=1S/C20H19N3O2/c24-19-7-3-6-18(22-19)20(25)23-12-9-14(10-13-23)15-8-11-21-17-5-2-1-4-16(15)17/h1-8,11,14H,9-10,12-13H2,(H,22,24). The minimum atomic E-state index is -0.246. The van der Waals surface area contributed by atoms with Crippen LogP contribution in [0.15, 0.2) is 59.5 Å². The summed E-state index contributed by atoms with van der Waals surface area (Å²) in [5, 5.41) is 1.20. The van der Waals surface area contributed by atoms with E-state index in [2.05, 4.69) is 22.1 Å². The molecule has 1 N–H and O–H groups in total. The van der Waals surface area contributed by atoms with Gasteiger partial charge in [-0.2, -0.15) is 0 Å². The number of hydrogen-bond donors (Lipinski definition) is 1. The van der Waals surface area contributed by atoms with Crippen LogP contribution >= 0.6 is 0 Å². The molecule has 25 heavy (non-hydrogen) atoms. The smallest absolute Gasteiger partial charge is 0.270 e. The number of piperidine rings is 1. The number of fused-ring (bicyclic) bond motifs is 1. The van der Waals surface area contributed by atoms with E-state index in [1.165, 1.54) is 17.0 Å². The van der Waals surface area contributed by atoms with Crippen molar-refractivity contribution in [3.05, 3.63) is 76.3 Å². The summed E-state index contributed by atoms with van der Waals surface area (Å²) in [5.74, 6) is 0.322. The van der Waals surface area contributed by atoms with Crippen LogP contribution in [-0.4, -0.2) is 33.9 Å². The molecule has 0 spiro atoms. The van der Waals surface area contributed by atoms with Gasteiger partial charge in [0.2, 0.25) is 5.56 Å². The molecule has 5 heteroatoms. The number of H-pyrrole nitrogens is 1. The second-order valence-electron chi connectivity index (χ2n) is 6.41. The molecule has 1 aliphatic heterocycles. The van der Waals surface area contributed by atoms with Gasteiger partial charge in [0.05, 0.1) is 5.52 Å². The number of hydrogen-bond acceptors (Lipinski definition) is 3. The van der Waals surface area contributed by atoms with Crippen molar-refractivity contribution in [2.24, 2.45) is 0 Å². The lowest BCUT2D eigenvalue weighted by Crippen LogP contribution is -2.38. The van der Waals surface area contributed by atoms with Crippen molar-refractivity contribution in [2.45, 2.75) is 18.8 Å². The summed E-state index contributed by atoms with van der Waals surface area (Å²) >= 11 is 0. The maximum absolute atomic E-state index is 12.6. The van der Waals surface area contributed by atoms with E-state index in [0.717, 1.165) is 18.4 Å². The molecule has 1 amide bonds. The van der Waals surface area contributed by atoms with Gasteiger partial charge < -0.3 is 9.88 Å². The Bertz CT molecular complexity index is 966. The highest BCUT2D eigenvalue weighted by molar-refractivity contribution is 5.92. The molecule has 2 aromatic heterocycles. The van der Waals surface area contributed by atoms with E-state index in [9.17, 15) is 9.59 Å². The van der Waals surface area contributed by atoms with Crippen LogP contribution in [0.4, 0.5) is 0 Å². The van der Waals surface area contributed by atoms with Gasteiger partial charge in [-0.05, 0) is 42.5 Å². The van der Waals surface area contributed by atoms with Gasteiger partial charge in [-0.15, -0.1) is 0 Å². The topological polar surface area (TPSA) is 66.1 Å². The number of amides is 1. The maximum Gasteiger partial charge on any atom is 0.270 e. The molecule has 3 heterocycles. The van der Waals surface area contributed by atoms with Gasteiger partial charge in [-0.3, -0.25) is 14.6 Å². The average molecular weight is 333 g/mol. The van der Waals surface area contributed by atoms with Crippen molar-refractivity contribution in [2.75, 3.05) is 13.1 Å². The number of benzene rings is 1. The van der Waals surface area contributed by atoms with Crippen LogP contribution in [0.5, 0.6) is 0 Å². The zero-order valence-electron chi connectivity index (χ0n) is 13.8. The molecule has 1 aromatic carbocycles. The zero-order valence-corrected chi connectivity index (χ0v) is 13.8. The monoisotopic (exact) mass is 333 g/mol. The fourth-order valence-corrected chi connectivity index (χ4v) is 3.61. The molecular weight excluding hydrogens is 314 g/mol. The Hall–Kier alpha value is -2.95.